The summed E-state index contributed by atoms with van der Waals surface area (Å²) < 4.78 is 0. The fraction of sp³-hybridized carbons (Fsp3) is 0.611. The maximum atomic E-state index is 12.3. The fourth-order valence-corrected chi connectivity index (χ4v) is 3.29. The molecule has 0 aliphatic carbocycles. The van der Waals surface area contributed by atoms with Crippen LogP contribution in [0.4, 0.5) is 0 Å². The van der Waals surface area contributed by atoms with Crippen molar-refractivity contribution in [3.63, 3.8) is 0 Å². The third kappa shape index (κ3) is 3.92. The van der Waals surface area contributed by atoms with Crippen LogP contribution in [0.1, 0.15) is 42.9 Å². The van der Waals surface area contributed by atoms with Gasteiger partial charge in [0, 0.05) is 12.8 Å². The maximum Gasteiger partial charge on any atom is 0.137 e. The van der Waals surface area contributed by atoms with Crippen LogP contribution in [0.25, 0.3) is 0 Å². The minimum absolute atomic E-state index is 0.389. The van der Waals surface area contributed by atoms with Crippen molar-refractivity contribution in [1.82, 2.24) is 5.32 Å². The third-order valence-corrected chi connectivity index (χ3v) is 4.71. The van der Waals surface area contributed by atoms with Crippen molar-refractivity contribution in [1.29, 1.82) is 0 Å². The molecule has 2 atom stereocenters. The first-order chi connectivity index (χ1) is 9.58. The summed E-state index contributed by atoms with van der Waals surface area (Å²) in [4.78, 5) is 12.3. The lowest BCUT2D eigenvalue weighted by Crippen LogP contribution is -2.34. The Morgan fingerprint density at radius 1 is 1.35 bits per heavy atom. The average Bonchev–Trinajstić information content (AvgIpc) is 2.44. The Hall–Kier alpha value is -1.15. The molecule has 2 rings (SSSR count). The number of rotatable bonds is 5. The van der Waals surface area contributed by atoms with Crippen molar-refractivity contribution in [3.8, 4) is 0 Å². The van der Waals surface area contributed by atoms with Gasteiger partial charge in [-0.05, 0) is 68.3 Å². The molecular weight excluding hydrogens is 246 g/mol. The van der Waals surface area contributed by atoms with Crippen molar-refractivity contribution >= 4 is 5.78 Å². The molecule has 0 aromatic heterocycles. The average molecular weight is 273 g/mol. The van der Waals surface area contributed by atoms with E-state index in [1.54, 1.807) is 0 Å². The van der Waals surface area contributed by atoms with E-state index in [1.165, 1.54) is 29.5 Å². The van der Waals surface area contributed by atoms with Crippen molar-refractivity contribution in [2.24, 2.45) is 11.8 Å². The van der Waals surface area contributed by atoms with Crippen molar-refractivity contribution in [3.05, 3.63) is 34.9 Å². The summed E-state index contributed by atoms with van der Waals surface area (Å²) in [5, 5.41) is 3.45. The van der Waals surface area contributed by atoms with Crippen LogP contribution in [0, 0.1) is 25.7 Å². The summed E-state index contributed by atoms with van der Waals surface area (Å²) in [5.41, 5.74) is 3.71. The minimum atomic E-state index is 0.389. The number of hydrogen-bond acceptors (Lipinski definition) is 2. The number of carbonyl (C=O) groups is 1. The van der Waals surface area contributed by atoms with E-state index in [-0.39, 0.29) is 0 Å². The van der Waals surface area contributed by atoms with Crippen LogP contribution in [-0.2, 0) is 11.2 Å². The number of aryl methyl sites for hydroxylation is 2. The second-order valence-electron chi connectivity index (χ2n) is 6.37. The molecule has 0 radical (unpaired) electrons. The number of benzene rings is 1. The first-order valence-corrected chi connectivity index (χ1v) is 7.85. The highest BCUT2D eigenvalue weighted by atomic mass is 16.1. The first kappa shape index (κ1) is 15.2. The van der Waals surface area contributed by atoms with Gasteiger partial charge in [-0.25, -0.2) is 0 Å². The van der Waals surface area contributed by atoms with Crippen LogP contribution in [-0.4, -0.2) is 18.9 Å². The molecule has 2 nitrogen and oxygen atoms in total. The molecule has 0 amide bonds. The number of nitrogens with one attached hydrogen (secondary N) is 1. The lowest BCUT2D eigenvalue weighted by atomic mass is 9.83. The van der Waals surface area contributed by atoms with Crippen molar-refractivity contribution < 1.29 is 4.79 Å². The van der Waals surface area contributed by atoms with Gasteiger partial charge in [-0.2, -0.15) is 0 Å². The van der Waals surface area contributed by atoms with Gasteiger partial charge in [-0.1, -0.05) is 25.1 Å². The Balaban J connectivity index is 1.91. The van der Waals surface area contributed by atoms with E-state index in [4.69, 9.17) is 0 Å². The molecule has 2 unspecified atom stereocenters. The predicted molar refractivity (Wildman–Crippen MR) is 84.0 cm³/mol. The summed E-state index contributed by atoms with van der Waals surface area (Å²) in [6.07, 6.45) is 3.84. The van der Waals surface area contributed by atoms with E-state index >= 15 is 0 Å². The Morgan fingerprint density at radius 3 is 2.65 bits per heavy atom. The molecule has 1 N–H and O–H groups in total. The molecule has 0 spiro atoms. The zero-order valence-electron chi connectivity index (χ0n) is 13.0. The Morgan fingerprint density at radius 2 is 2.05 bits per heavy atom. The number of carbonyl (C=O) groups excluding carboxylic acids is 1. The van der Waals surface area contributed by atoms with Crippen LogP contribution in [0.2, 0.25) is 0 Å². The zero-order valence-corrected chi connectivity index (χ0v) is 13.0. The maximum absolute atomic E-state index is 12.3. The summed E-state index contributed by atoms with van der Waals surface area (Å²) in [5.74, 6) is 1.56. The predicted octanol–water partition coefficient (Wildman–Crippen LogP) is 3.44. The second kappa shape index (κ2) is 7.03. The van der Waals surface area contributed by atoms with Gasteiger partial charge in [0.05, 0.1) is 0 Å². The molecule has 20 heavy (non-hydrogen) atoms. The number of hydrogen-bond donors (Lipinski definition) is 1. The molecule has 1 aromatic rings. The quantitative estimate of drug-likeness (QED) is 0.890. The van der Waals surface area contributed by atoms with E-state index in [9.17, 15) is 4.79 Å². The van der Waals surface area contributed by atoms with Crippen molar-refractivity contribution in [2.45, 2.75) is 46.5 Å². The molecule has 1 heterocycles. The van der Waals surface area contributed by atoms with Crippen LogP contribution in [0.3, 0.4) is 0 Å². The molecule has 1 aliphatic rings. The normalized spacial score (nSPS) is 20.6. The molecular formula is C18H27NO. The lowest BCUT2D eigenvalue weighted by molar-refractivity contribution is -0.119. The highest BCUT2D eigenvalue weighted by molar-refractivity contribution is 5.81. The second-order valence-corrected chi connectivity index (χ2v) is 6.37. The van der Waals surface area contributed by atoms with Crippen molar-refractivity contribution in [2.75, 3.05) is 13.1 Å². The summed E-state index contributed by atoms with van der Waals surface area (Å²) >= 11 is 0. The van der Waals surface area contributed by atoms with E-state index in [0.717, 1.165) is 19.5 Å². The summed E-state index contributed by atoms with van der Waals surface area (Å²) in [6.45, 7) is 8.66. The van der Waals surface area contributed by atoms with Gasteiger partial charge in [-0.15, -0.1) is 0 Å². The molecule has 1 aromatic carbocycles. The Bertz CT molecular complexity index is 440. The van der Waals surface area contributed by atoms with Gasteiger partial charge in [0.25, 0.3) is 0 Å². The van der Waals surface area contributed by atoms with Crippen LogP contribution >= 0.6 is 0 Å². The highest BCUT2D eigenvalue weighted by Crippen LogP contribution is 2.24. The van der Waals surface area contributed by atoms with Crippen LogP contribution < -0.4 is 5.32 Å². The molecule has 1 saturated heterocycles. The van der Waals surface area contributed by atoms with Gasteiger partial charge in [0.15, 0.2) is 0 Å². The first-order valence-electron chi connectivity index (χ1n) is 7.85. The highest BCUT2D eigenvalue weighted by Gasteiger charge is 2.22. The van der Waals surface area contributed by atoms with E-state index < -0.39 is 0 Å². The molecule has 0 saturated carbocycles. The summed E-state index contributed by atoms with van der Waals surface area (Å²) in [6, 6.07) is 6.27. The van der Waals surface area contributed by atoms with Gasteiger partial charge < -0.3 is 5.32 Å². The van der Waals surface area contributed by atoms with Gasteiger partial charge in [0.2, 0.25) is 0 Å². The molecule has 2 heteroatoms. The number of piperidine rings is 1. The lowest BCUT2D eigenvalue weighted by Gasteiger charge is -2.28. The molecule has 0 bridgehead atoms. The number of Topliss-reactive ketones (excluding diaryl/α,β-unsaturated/α-hetero) is 1. The Kier molecular flexibility index (Phi) is 5.36. The molecule has 1 aliphatic heterocycles. The topological polar surface area (TPSA) is 29.1 Å². The van der Waals surface area contributed by atoms with E-state index in [1.807, 2.05) is 0 Å². The monoisotopic (exact) mass is 273 g/mol. The minimum Gasteiger partial charge on any atom is -0.316 e. The van der Waals surface area contributed by atoms with Crippen LogP contribution in [0.15, 0.2) is 18.2 Å². The fourth-order valence-electron chi connectivity index (χ4n) is 3.29. The molecule has 1 fully saturated rings. The SMILES string of the molecule is Cc1cccc(C)c1CC(=O)CC(C)C1CCCNC1. The summed E-state index contributed by atoms with van der Waals surface area (Å²) in [7, 11) is 0. The van der Waals surface area contributed by atoms with Crippen LogP contribution in [0.5, 0.6) is 0 Å². The van der Waals surface area contributed by atoms with E-state index in [0.29, 0.717) is 24.0 Å². The van der Waals surface area contributed by atoms with E-state index in [2.05, 4.69) is 44.3 Å². The third-order valence-electron chi connectivity index (χ3n) is 4.71. The largest absolute Gasteiger partial charge is 0.316 e. The molecule has 110 valence electrons. The van der Waals surface area contributed by atoms with Gasteiger partial charge in [-0.3, -0.25) is 4.79 Å². The number of ketones is 1. The zero-order chi connectivity index (χ0) is 14.5. The smallest absolute Gasteiger partial charge is 0.137 e. The van der Waals surface area contributed by atoms with Gasteiger partial charge >= 0.3 is 0 Å². The standard InChI is InChI=1S/C18H27NO/c1-13-6-4-7-14(2)18(13)11-17(20)10-15(3)16-8-5-9-19-12-16/h4,6-7,15-16,19H,5,8-12H2,1-3H3. The Labute approximate surface area is 123 Å². The van der Waals surface area contributed by atoms with Gasteiger partial charge in [0.1, 0.15) is 5.78 Å².